The number of nitro groups is 1. The summed E-state index contributed by atoms with van der Waals surface area (Å²) in [6.07, 6.45) is 1.00. The summed E-state index contributed by atoms with van der Waals surface area (Å²) in [6, 6.07) is 12.2. The maximum atomic E-state index is 12.3. The van der Waals surface area contributed by atoms with Gasteiger partial charge in [-0.05, 0) is 31.0 Å². The predicted octanol–water partition coefficient (Wildman–Crippen LogP) is 3.43. The second kappa shape index (κ2) is 7.11. The van der Waals surface area contributed by atoms with Crippen molar-refractivity contribution in [2.75, 3.05) is 18.0 Å². The number of nitrogens with one attached hydrogen (secondary N) is 1. The Morgan fingerprint density at radius 1 is 1.36 bits per heavy atom. The van der Waals surface area contributed by atoms with Gasteiger partial charge < -0.3 is 10.2 Å². The molecule has 1 aliphatic rings. The van der Waals surface area contributed by atoms with Crippen LogP contribution in [0.3, 0.4) is 0 Å². The number of nitrogens with zero attached hydrogens (tertiary/aromatic N) is 2. The van der Waals surface area contributed by atoms with E-state index in [1.807, 2.05) is 12.1 Å². The largest absolute Gasteiger partial charge is 0.366 e. The highest BCUT2D eigenvalue weighted by atomic mass is 35.5. The number of para-hydroxylation sites is 1. The van der Waals surface area contributed by atoms with Crippen molar-refractivity contribution in [2.45, 2.75) is 19.4 Å². The van der Waals surface area contributed by atoms with Crippen molar-refractivity contribution < 1.29 is 9.72 Å². The molecule has 0 fully saturated rings. The minimum atomic E-state index is -0.541. The molecule has 6 nitrogen and oxygen atoms in total. The number of anilines is 1. The molecule has 0 unspecified atom stereocenters. The predicted molar refractivity (Wildman–Crippen MR) is 97.4 cm³/mol. The molecule has 0 radical (unpaired) electrons. The molecule has 0 bridgehead atoms. The normalized spacial score (nSPS) is 14.1. The van der Waals surface area contributed by atoms with Gasteiger partial charge in [-0.1, -0.05) is 29.8 Å². The fraction of sp³-hybridized carbons (Fsp3) is 0.278. The van der Waals surface area contributed by atoms with E-state index in [0.717, 1.165) is 13.0 Å². The van der Waals surface area contributed by atoms with E-state index in [9.17, 15) is 14.9 Å². The molecule has 1 aliphatic heterocycles. The van der Waals surface area contributed by atoms with Crippen LogP contribution in [-0.2, 0) is 6.42 Å². The lowest BCUT2D eigenvalue weighted by Gasteiger charge is -2.27. The fourth-order valence-electron chi connectivity index (χ4n) is 3.07. The van der Waals surface area contributed by atoms with Gasteiger partial charge in [-0.15, -0.1) is 0 Å². The Balaban J connectivity index is 1.64. The lowest BCUT2D eigenvalue weighted by atomic mass is 10.1. The molecule has 3 rings (SSSR count). The van der Waals surface area contributed by atoms with E-state index in [4.69, 9.17) is 11.6 Å². The first-order valence-electron chi connectivity index (χ1n) is 8.04. The number of carbonyl (C=O) groups excluding carboxylic acids is 1. The van der Waals surface area contributed by atoms with Crippen LogP contribution in [0.4, 0.5) is 11.4 Å². The third-order valence-electron chi connectivity index (χ3n) is 4.42. The molecule has 130 valence electrons. The van der Waals surface area contributed by atoms with Gasteiger partial charge in [0.1, 0.15) is 0 Å². The molecule has 2 aromatic carbocycles. The van der Waals surface area contributed by atoms with Gasteiger partial charge in [0.15, 0.2) is 0 Å². The zero-order valence-corrected chi connectivity index (χ0v) is 14.5. The number of benzene rings is 2. The highest BCUT2D eigenvalue weighted by molar-refractivity contribution is 6.34. The van der Waals surface area contributed by atoms with E-state index in [1.165, 1.54) is 29.4 Å². The fourth-order valence-corrected chi connectivity index (χ4v) is 3.33. The van der Waals surface area contributed by atoms with Crippen molar-refractivity contribution in [2.24, 2.45) is 0 Å². The molecule has 0 saturated heterocycles. The molecule has 0 saturated carbocycles. The molecule has 1 heterocycles. The van der Waals surface area contributed by atoms with E-state index in [1.54, 1.807) is 0 Å². The Hall–Kier alpha value is -2.60. The molecule has 0 spiro atoms. The second-order valence-corrected chi connectivity index (χ2v) is 6.46. The maximum Gasteiger partial charge on any atom is 0.270 e. The molecule has 25 heavy (non-hydrogen) atoms. The van der Waals surface area contributed by atoms with Crippen molar-refractivity contribution in [3.05, 3.63) is 68.7 Å². The van der Waals surface area contributed by atoms with Gasteiger partial charge in [-0.2, -0.15) is 0 Å². The first kappa shape index (κ1) is 17.2. The van der Waals surface area contributed by atoms with Gasteiger partial charge in [0.2, 0.25) is 0 Å². The van der Waals surface area contributed by atoms with Crippen LogP contribution in [0.5, 0.6) is 0 Å². The van der Waals surface area contributed by atoms with Crippen molar-refractivity contribution in [3.8, 4) is 0 Å². The molecule has 1 atom stereocenters. The van der Waals surface area contributed by atoms with Gasteiger partial charge in [0, 0.05) is 37.0 Å². The van der Waals surface area contributed by atoms with Gasteiger partial charge in [0.05, 0.1) is 15.5 Å². The van der Waals surface area contributed by atoms with Crippen molar-refractivity contribution >= 4 is 28.9 Å². The summed E-state index contributed by atoms with van der Waals surface area (Å²) < 4.78 is 0. The summed E-state index contributed by atoms with van der Waals surface area (Å²) in [7, 11) is 0. The van der Waals surface area contributed by atoms with Gasteiger partial charge in [0.25, 0.3) is 11.6 Å². The number of halogens is 1. The van der Waals surface area contributed by atoms with Gasteiger partial charge in [-0.3, -0.25) is 14.9 Å². The van der Waals surface area contributed by atoms with Crippen LogP contribution in [0.2, 0.25) is 5.02 Å². The molecule has 1 N–H and O–H groups in total. The van der Waals surface area contributed by atoms with E-state index in [0.29, 0.717) is 6.54 Å². The molecule has 0 aliphatic carbocycles. The number of hydrogen-bond acceptors (Lipinski definition) is 4. The highest BCUT2D eigenvalue weighted by Gasteiger charge is 2.23. The first-order chi connectivity index (χ1) is 12.0. The third-order valence-corrected chi connectivity index (χ3v) is 4.73. The lowest BCUT2D eigenvalue weighted by Crippen LogP contribution is -2.41. The van der Waals surface area contributed by atoms with Crippen molar-refractivity contribution in [1.29, 1.82) is 0 Å². The van der Waals surface area contributed by atoms with Crippen LogP contribution in [-0.4, -0.2) is 30.0 Å². The van der Waals surface area contributed by atoms with Crippen LogP contribution in [0.1, 0.15) is 22.8 Å². The molecule has 1 amide bonds. The van der Waals surface area contributed by atoms with Crippen LogP contribution in [0.15, 0.2) is 42.5 Å². The van der Waals surface area contributed by atoms with Gasteiger partial charge in [-0.25, -0.2) is 0 Å². The SMILES string of the molecule is C[C@H](CNC(=O)c1ccc([N+](=O)[O-])cc1Cl)N1CCc2ccccc21. The molecular formula is C18H18ClN3O3. The zero-order chi connectivity index (χ0) is 18.0. The molecule has 2 aromatic rings. The molecular weight excluding hydrogens is 342 g/mol. The standard InChI is InChI=1S/C18H18ClN3O3/c1-12(21-9-8-13-4-2-3-5-17(13)21)11-20-18(23)15-7-6-14(22(24)25)10-16(15)19/h2-7,10,12H,8-9,11H2,1H3,(H,20,23)/t12-/m1/s1. The first-order valence-corrected chi connectivity index (χ1v) is 8.42. The summed E-state index contributed by atoms with van der Waals surface area (Å²) >= 11 is 6.00. The highest BCUT2D eigenvalue weighted by Crippen LogP contribution is 2.29. The third kappa shape index (κ3) is 3.58. The summed E-state index contributed by atoms with van der Waals surface area (Å²) in [5, 5.41) is 13.7. The number of non-ortho nitro benzene ring substituents is 1. The van der Waals surface area contributed by atoms with Crippen LogP contribution in [0, 0.1) is 10.1 Å². The zero-order valence-electron chi connectivity index (χ0n) is 13.7. The Labute approximate surface area is 150 Å². The number of rotatable bonds is 5. The quantitative estimate of drug-likeness (QED) is 0.655. The number of nitro benzene ring substituents is 1. The average Bonchev–Trinajstić information content (AvgIpc) is 3.03. The smallest absolute Gasteiger partial charge is 0.270 e. The topological polar surface area (TPSA) is 75.5 Å². The Morgan fingerprint density at radius 2 is 2.12 bits per heavy atom. The summed E-state index contributed by atoms with van der Waals surface area (Å²) in [6.45, 7) is 3.44. The second-order valence-electron chi connectivity index (χ2n) is 6.05. The van der Waals surface area contributed by atoms with E-state index in [2.05, 4.69) is 29.3 Å². The summed E-state index contributed by atoms with van der Waals surface area (Å²) in [5.41, 5.74) is 2.63. The maximum absolute atomic E-state index is 12.3. The van der Waals surface area contributed by atoms with Crippen LogP contribution < -0.4 is 10.2 Å². The van der Waals surface area contributed by atoms with Crippen LogP contribution in [0.25, 0.3) is 0 Å². The van der Waals surface area contributed by atoms with Crippen molar-refractivity contribution in [1.82, 2.24) is 5.32 Å². The average molecular weight is 360 g/mol. The minimum Gasteiger partial charge on any atom is -0.366 e. The monoisotopic (exact) mass is 359 g/mol. The number of hydrogen-bond donors (Lipinski definition) is 1. The minimum absolute atomic E-state index is 0.0749. The Morgan fingerprint density at radius 3 is 2.84 bits per heavy atom. The lowest BCUT2D eigenvalue weighted by molar-refractivity contribution is -0.384. The van der Waals surface area contributed by atoms with E-state index >= 15 is 0 Å². The summed E-state index contributed by atoms with van der Waals surface area (Å²) in [5.74, 6) is -0.334. The molecule has 0 aromatic heterocycles. The number of carbonyl (C=O) groups is 1. The Bertz CT molecular complexity index is 825. The van der Waals surface area contributed by atoms with Crippen LogP contribution >= 0.6 is 11.6 Å². The van der Waals surface area contributed by atoms with E-state index in [-0.39, 0.29) is 28.2 Å². The molecule has 7 heteroatoms. The van der Waals surface area contributed by atoms with Crippen molar-refractivity contribution in [3.63, 3.8) is 0 Å². The Kier molecular flexibility index (Phi) is 4.90. The number of fused-ring (bicyclic) bond motifs is 1. The summed E-state index contributed by atoms with van der Waals surface area (Å²) in [4.78, 5) is 24.8. The number of amides is 1. The van der Waals surface area contributed by atoms with Gasteiger partial charge >= 0.3 is 0 Å². The van der Waals surface area contributed by atoms with E-state index < -0.39 is 4.92 Å².